The zero-order chi connectivity index (χ0) is 9.40. The lowest BCUT2D eigenvalue weighted by Gasteiger charge is -2.07. The maximum atomic E-state index is 8.55. The van der Waals surface area contributed by atoms with Crippen molar-refractivity contribution in [1.29, 1.82) is 0 Å². The third kappa shape index (κ3) is 8.37. The van der Waals surface area contributed by atoms with Gasteiger partial charge in [0.05, 0.1) is 0 Å². The molecule has 0 saturated heterocycles. The van der Waals surface area contributed by atoms with E-state index in [0.29, 0.717) is 6.42 Å². The second-order valence-corrected chi connectivity index (χ2v) is 4.41. The Balaban J connectivity index is 3.00. The van der Waals surface area contributed by atoms with E-state index in [-0.39, 0.29) is 0 Å². The molecule has 0 heterocycles. The zero-order valence-electron chi connectivity index (χ0n) is 7.99. The van der Waals surface area contributed by atoms with Crippen molar-refractivity contribution in [2.75, 3.05) is 11.5 Å². The lowest BCUT2D eigenvalue weighted by Crippen LogP contribution is -2.05. The summed E-state index contributed by atoms with van der Waals surface area (Å²) in [6.45, 7) is 4.45. The monoisotopic (exact) mass is 192 g/mol. The van der Waals surface area contributed by atoms with E-state index in [9.17, 15) is 0 Å². The Morgan fingerprint density at radius 2 is 1.75 bits per heavy atom. The van der Waals surface area contributed by atoms with E-state index in [1.54, 1.807) is 11.8 Å². The fourth-order valence-electron chi connectivity index (χ4n) is 0.779. The van der Waals surface area contributed by atoms with Crippen LogP contribution in [0.2, 0.25) is 0 Å². The fraction of sp³-hybridized carbons (Fsp3) is 1.00. The molecule has 1 atom stereocenters. The molecule has 0 aromatic rings. The molecule has 0 rings (SSSR count). The number of hydrogen-bond donors (Lipinski definition) is 2. The normalized spacial score (nSPS) is 13.8. The number of thioether (sulfide) groups is 1. The van der Waals surface area contributed by atoms with Gasteiger partial charge in [-0.3, -0.25) is 0 Å². The number of hydrogen-bond acceptors (Lipinski definition) is 3. The van der Waals surface area contributed by atoms with Gasteiger partial charge >= 0.3 is 0 Å². The van der Waals surface area contributed by atoms with E-state index < -0.39 is 6.29 Å². The maximum absolute atomic E-state index is 8.55. The molecular formula is C9H20O2S. The van der Waals surface area contributed by atoms with Gasteiger partial charge in [0, 0.05) is 6.42 Å². The second-order valence-electron chi connectivity index (χ2n) is 3.18. The van der Waals surface area contributed by atoms with E-state index in [1.807, 2.05) is 0 Å². The highest BCUT2D eigenvalue weighted by atomic mass is 32.2. The summed E-state index contributed by atoms with van der Waals surface area (Å²) < 4.78 is 0. The minimum atomic E-state index is -1.12. The van der Waals surface area contributed by atoms with Gasteiger partial charge in [0.1, 0.15) is 0 Å². The summed E-state index contributed by atoms with van der Waals surface area (Å²) in [7, 11) is 0. The molecule has 0 spiro atoms. The van der Waals surface area contributed by atoms with Crippen molar-refractivity contribution in [3.63, 3.8) is 0 Å². The summed E-state index contributed by atoms with van der Waals surface area (Å²) in [6, 6.07) is 0. The molecule has 0 fully saturated rings. The van der Waals surface area contributed by atoms with E-state index in [0.717, 1.165) is 17.4 Å². The first kappa shape index (κ1) is 12.3. The van der Waals surface area contributed by atoms with E-state index in [1.165, 1.54) is 12.8 Å². The van der Waals surface area contributed by atoms with Gasteiger partial charge in [-0.25, -0.2) is 0 Å². The molecule has 2 nitrogen and oxygen atoms in total. The number of rotatable bonds is 7. The van der Waals surface area contributed by atoms with Gasteiger partial charge in [-0.05, 0) is 23.8 Å². The first-order chi connectivity index (χ1) is 5.66. The van der Waals surface area contributed by atoms with Gasteiger partial charge in [0.15, 0.2) is 6.29 Å². The van der Waals surface area contributed by atoms with Crippen LogP contribution in [-0.4, -0.2) is 28.0 Å². The van der Waals surface area contributed by atoms with Gasteiger partial charge < -0.3 is 10.2 Å². The molecule has 1 unspecified atom stereocenters. The number of aliphatic hydroxyl groups excluding tert-OH is 1. The van der Waals surface area contributed by atoms with Crippen LogP contribution in [0, 0.1) is 5.92 Å². The largest absolute Gasteiger partial charge is 0.368 e. The molecule has 0 aliphatic heterocycles. The smallest absolute Gasteiger partial charge is 0.152 e. The van der Waals surface area contributed by atoms with Crippen molar-refractivity contribution in [3.05, 3.63) is 0 Å². The molecular weight excluding hydrogens is 172 g/mol. The highest BCUT2D eigenvalue weighted by molar-refractivity contribution is 7.99. The van der Waals surface area contributed by atoms with Gasteiger partial charge in [0.2, 0.25) is 0 Å². The minimum absolute atomic E-state index is 0.491. The SMILES string of the molecule is CCC(C)CCSCCC(O)O. The standard InChI is InChI=1S/C9H20O2S/c1-3-8(2)4-6-12-7-5-9(10)11/h8-11H,3-7H2,1-2H3. The molecule has 0 aliphatic rings. The van der Waals surface area contributed by atoms with Crippen LogP contribution < -0.4 is 0 Å². The molecule has 3 heteroatoms. The van der Waals surface area contributed by atoms with E-state index >= 15 is 0 Å². The second kappa shape index (κ2) is 7.90. The Hall–Kier alpha value is 0.270. The molecule has 0 aromatic heterocycles. The average Bonchev–Trinajstić information content (AvgIpc) is 2.03. The van der Waals surface area contributed by atoms with Gasteiger partial charge in [0.25, 0.3) is 0 Å². The highest BCUT2D eigenvalue weighted by Gasteiger charge is 2.00. The van der Waals surface area contributed by atoms with Crippen molar-refractivity contribution in [1.82, 2.24) is 0 Å². The predicted molar refractivity (Wildman–Crippen MR) is 54.2 cm³/mol. The van der Waals surface area contributed by atoms with Crippen molar-refractivity contribution in [2.24, 2.45) is 5.92 Å². The molecule has 0 aromatic carbocycles. The summed E-state index contributed by atoms with van der Waals surface area (Å²) in [6.07, 6.45) is 1.85. The molecule has 0 bridgehead atoms. The summed E-state index contributed by atoms with van der Waals surface area (Å²) in [5, 5.41) is 17.1. The Bertz CT molecular complexity index is 96.5. The Morgan fingerprint density at radius 1 is 1.17 bits per heavy atom. The van der Waals surface area contributed by atoms with Crippen molar-refractivity contribution in [2.45, 2.75) is 39.4 Å². The van der Waals surface area contributed by atoms with Crippen LogP contribution in [0.15, 0.2) is 0 Å². The highest BCUT2D eigenvalue weighted by Crippen LogP contribution is 2.12. The topological polar surface area (TPSA) is 40.5 Å². The van der Waals surface area contributed by atoms with Gasteiger partial charge in [-0.1, -0.05) is 20.3 Å². The van der Waals surface area contributed by atoms with Crippen LogP contribution in [0.5, 0.6) is 0 Å². The molecule has 0 saturated carbocycles. The average molecular weight is 192 g/mol. The van der Waals surface area contributed by atoms with Crippen molar-refractivity contribution < 1.29 is 10.2 Å². The first-order valence-corrected chi connectivity index (χ1v) is 5.76. The van der Waals surface area contributed by atoms with Crippen LogP contribution in [0.1, 0.15) is 33.1 Å². The van der Waals surface area contributed by atoms with Crippen molar-refractivity contribution in [3.8, 4) is 0 Å². The van der Waals surface area contributed by atoms with Gasteiger partial charge in [-0.2, -0.15) is 11.8 Å². The summed E-state index contributed by atoms with van der Waals surface area (Å²) in [4.78, 5) is 0. The van der Waals surface area contributed by atoms with Crippen LogP contribution >= 0.6 is 11.8 Å². The Kier molecular flexibility index (Phi) is 8.07. The van der Waals surface area contributed by atoms with E-state index in [4.69, 9.17) is 10.2 Å². The maximum Gasteiger partial charge on any atom is 0.152 e. The minimum Gasteiger partial charge on any atom is -0.368 e. The molecule has 0 aliphatic carbocycles. The number of aliphatic hydroxyl groups is 2. The molecule has 74 valence electrons. The zero-order valence-corrected chi connectivity index (χ0v) is 8.81. The van der Waals surface area contributed by atoms with Crippen LogP contribution in [0.3, 0.4) is 0 Å². The summed E-state index contributed by atoms with van der Waals surface area (Å²) in [5.41, 5.74) is 0. The quantitative estimate of drug-likeness (QED) is 0.478. The van der Waals surface area contributed by atoms with Gasteiger partial charge in [-0.15, -0.1) is 0 Å². The summed E-state index contributed by atoms with van der Waals surface area (Å²) in [5.74, 6) is 2.80. The molecule has 0 radical (unpaired) electrons. The molecule has 12 heavy (non-hydrogen) atoms. The molecule has 2 N–H and O–H groups in total. The third-order valence-electron chi connectivity index (χ3n) is 1.97. The Morgan fingerprint density at radius 3 is 2.25 bits per heavy atom. The van der Waals surface area contributed by atoms with Crippen LogP contribution in [0.4, 0.5) is 0 Å². The first-order valence-electron chi connectivity index (χ1n) is 4.60. The lowest BCUT2D eigenvalue weighted by atomic mass is 10.1. The van der Waals surface area contributed by atoms with Crippen LogP contribution in [0.25, 0.3) is 0 Å². The van der Waals surface area contributed by atoms with E-state index in [2.05, 4.69) is 13.8 Å². The van der Waals surface area contributed by atoms with Crippen LogP contribution in [-0.2, 0) is 0 Å². The lowest BCUT2D eigenvalue weighted by molar-refractivity contribution is -0.0404. The van der Waals surface area contributed by atoms with Crippen molar-refractivity contribution >= 4 is 11.8 Å². The Labute approximate surface area is 79.4 Å². The fourth-order valence-corrected chi connectivity index (χ4v) is 1.93. The summed E-state index contributed by atoms with van der Waals surface area (Å²) >= 11 is 1.81. The predicted octanol–water partition coefficient (Wildman–Crippen LogP) is 1.86. The molecule has 0 amide bonds. The third-order valence-corrected chi connectivity index (χ3v) is 3.02.